The second-order valence-corrected chi connectivity index (χ2v) is 4.44. The molecule has 1 aromatic rings. The van der Waals surface area contributed by atoms with Crippen molar-refractivity contribution in [3.8, 4) is 0 Å². The minimum Gasteiger partial charge on any atom is -0.409 e. The Labute approximate surface area is 114 Å². The number of hydrogen-bond donors (Lipinski definition) is 3. The van der Waals surface area contributed by atoms with Crippen LogP contribution in [0, 0.1) is 5.92 Å². The largest absolute Gasteiger partial charge is 0.409 e. The van der Waals surface area contributed by atoms with Gasteiger partial charge >= 0.3 is 6.18 Å². The third kappa shape index (κ3) is 4.22. The Balaban J connectivity index is 2.80. The molecule has 4 N–H and O–H groups in total. The van der Waals surface area contributed by atoms with Crippen molar-refractivity contribution in [1.29, 1.82) is 0 Å². The van der Waals surface area contributed by atoms with Gasteiger partial charge in [-0.15, -0.1) is 0 Å². The van der Waals surface area contributed by atoms with Crippen LogP contribution in [0.5, 0.6) is 0 Å². The van der Waals surface area contributed by atoms with Gasteiger partial charge in [-0.3, -0.25) is 0 Å². The van der Waals surface area contributed by atoms with Crippen LogP contribution >= 0.6 is 0 Å². The molecule has 0 aliphatic heterocycles. The van der Waals surface area contributed by atoms with Crippen LogP contribution in [0.15, 0.2) is 29.4 Å². The van der Waals surface area contributed by atoms with E-state index in [2.05, 4.69) is 10.5 Å². The smallest absolute Gasteiger partial charge is 0.400 e. The standard InChI is InChI=1S/C12H17F3N4O/c1-19(2)9-5-3-4-8(6-9)17-7-10(11(16)18-20)12(13,14)15/h3-6,10,17,20H,7H2,1-2H3,(H2,16,18). The number of rotatable bonds is 5. The Morgan fingerprint density at radius 2 is 2.10 bits per heavy atom. The number of anilines is 2. The second-order valence-electron chi connectivity index (χ2n) is 4.44. The molecule has 0 saturated carbocycles. The Bertz CT molecular complexity index is 474. The first-order chi connectivity index (χ1) is 9.25. The lowest BCUT2D eigenvalue weighted by molar-refractivity contribution is -0.152. The quantitative estimate of drug-likeness (QED) is 0.336. The topological polar surface area (TPSA) is 73.9 Å². The third-order valence-corrected chi connectivity index (χ3v) is 2.74. The molecule has 20 heavy (non-hydrogen) atoms. The minimum absolute atomic E-state index is 0.504. The van der Waals surface area contributed by atoms with Crippen LogP contribution in [-0.4, -0.2) is 37.9 Å². The molecule has 0 fully saturated rings. The van der Waals surface area contributed by atoms with Crippen molar-refractivity contribution in [2.75, 3.05) is 30.9 Å². The Kier molecular flexibility index (Phi) is 5.06. The van der Waals surface area contributed by atoms with Gasteiger partial charge in [-0.05, 0) is 18.2 Å². The molecule has 5 nitrogen and oxygen atoms in total. The fraction of sp³-hybridized carbons (Fsp3) is 0.417. The van der Waals surface area contributed by atoms with Gasteiger partial charge in [0.05, 0.1) is 0 Å². The lowest BCUT2D eigenvalue weighted by atomic mass is 10.1. The summed E-state index contributed by atoms with van der Waals surface area (Å²) in [6.45, 7) is -0.504. The molecule has 1 aromatic carbocycles. The zero-order valence-corrected chi connectivity index (χ0v) is 11.1. The van der Waals surface area contributed by atoms with Crippen LogP contribution in [0.4, 0.5) is 24.5 Å². The van der Waals surface area contributed by atoms with Gasteiger partial charge in [0.2, 0.25) is 0 Å². The molecule has 1 unspecified atom stereocenters. The molecule has 0 saturated heterocycles. The minimum atomic E-state index is -4.58. The van der Waals surface area contributed by atoms with Crippen molar-refractivity contribution in [1.82, 2.24) is 0 Å². The first-order valence-electron chi connectivity index (χ1n) is 5.81. The lowest BCUT2D eigenvalue weighted by Crippen LogP contribution is -2.40. The first kappa shape index (κ1) is 15.9. The van der Waals surface area contributed by atoms with Crippen molar-refractivity contribution in [2.24, 2.45) is 16.8 Å². The summed E-state index contributed by atoms with van der Waals surface area (Å²) in [7, 11) is 3.65. The van der Waals surface area contributed by atoms with Gasteiger partial charge in [-0.2, -0.15) is 13.2 Å². The van der Waals surface area contributed by atoms with Crippen LogP contribution in [0.2, 0.25) is 0 Å². The average Bonchev–Trinajstić information content (AvgIpc) is 2.37. The second kappa shape index (κ2) is 6.36. The van der Waals surface area contributed by atoms with E-state index < -0.39 is 24.5 Å². The molecule has 0 heterocycles. The van der Waals surface area contributed by atoms with E-state index in [0.717, 1.165) is 5.69 Å². The molecule has 0 radical (unpaired) electrons. The summed E-state index contributed by atoms with van der Waals surface area (Å²) in [5, 5.41) is 13.5. The molecule has 0 spiro atoms. The van der Waals surface area contributed by atoms with Gasteiger partial charge < -0.3 is 21.2 Å². The molecular weight excluding hydrogens is 273 g/mol. The Morgan fingerprint density at radius 1 is 1.45 bits per heavy atom. The number of nitrogens with zero attached hydrogens (tertiary/aromatic N) is 2. The average molecular weight is 290 g/mol. The highest BCUT2D eigenvalue weighted by atomic mass is 19.4. The van der Waals surface area contributed by atoms with Crippen LogP contribution in [0.25, 0.3) is 0 Å². The van der Waals surface area contributed by atoms with E-state index >= 15 is 0 Å². The fourth-order valence-corrected chi connectivity index (χ4v) is 1.57. The number of oxime groups is 1. The fourth-order valence-electron chi connectivity index (χ4n) is 1.57. The molecular formula is C12H17F3N4O. The van der Waals surface area contributed by atoms with Gasteiger partial charge in [0.1, 0.15) is 5.92 Å². The summed E-state index contributed by atoms with van der Waals surface area (Å²) in [4.78, 5) is 1.83. The summed E-state index contributed by atoms with van der Waals surface area (Å²) in [6.07, 6.45) is -4.58. The number of amidine groups is 1. The summed E-state index contributed by atoms with van der Waals surface area (Å²) >= 11 is 0. The maximum Gasteiger partial charge on any atom is 0.400 e. The summed E-state index contributed by atoms with van der Waals surface area (Å²) in [6, 6.07) is 6.91. The van der Waals surface area contributed by atoms with E-state index in [1.54, 1.807) is 18.2 Å². The van der Waals surface area contributed by atoms with E-state index in [-0.39, 0.29) is 0 Å². The van der Waals surface area contributed by atoms with Gasteiger partial charge in [0, 0.05) is 32.0 Å². The predicted octanol–water partition coefficient (Wildman–Crippen LogP) is 2.09. The third-order valence-electron chi connectivity index (χ3n) is 2.74. The van der Waals surface area contributed by atoms with E-state index in [4.69, 9.17) is 10.9 Å². The number of halogens is 3. The summed E-state index contributed by atoms with van der Waals surface area (Å²) in [5.74, 6) is -2.91. The number of nitrogens with one attached hydrogen (secondary N) is 1. The molecule has 8 heteroatoms. The normalized spacial score (nSPS) is 13.9. The number of alkyl halides is 3. The van der Waals surface area contributed by atoms with Crippen molar-refractivity contribution in [3.05, 3.63) is 24.3 Å². The van der Waals surface area contributed by atoms with Crippen LogP contribution < -0.4 is 16.0 Å². The van der Waals surface area contributed by atoms with Crippen molar-refractivity contribution >= 4 is 17.2 Å². The number of hydrogen-bond acceptors (Lipinski definition) is 4. The van der Waals surface area contributed by atoms with Crippen LogP contribution in [0.1, 0.15) is 0 Å². The molecule has 112 valence electrons. The molecule has 0 aromatic heterocycles. The highest BCUT2D eigenvalue weighted by molar-refractivity contribution is 5.83. The Hall–Kier alpha value is -2.12. The van der Waals surface area contributed by atoms with E-state index in [1.807, 2.05) is 25.1 Å². The zero-order chi connectivity index (χ0) is 15.3. The lowest BCUT2D eigenvalue weighted by Gasteiger charge is -2.20. The maximum atomic E-state index is 12.7. The molecule has 0 amide bonds. The molecule has 0 aliphatic rings. The van der Waals surface area contributed by atoms with E-state index in [9.17, 15) is 13.2 Å². The molecule has 0 aliphatic carbocycles. The Morgan fingerprint density at radius 3 is 2.60 bits per heavy atom. The van der Waals surface area contributed by atoms with Gasteiger partial charge in [0.15, 0.2) is 5.84 Å². The SMILES string of the molecule is CN(C)c1cccc(NCC(/C(N)=N/O)C(F)(F)F)c1. The van der Waals surface area contributed by atoms with Gasteiger partial charge in [-0.25, -0.2) is 0 Å². The van der Waals surface area contributed by atoms with Gasteiger partial charge in [0.25, 0.3) is 0 Å². The van der Waals surface area contributed by atoms with E-state index in [0.29, 0.717) is 5.69 Å². The van der Waals surface area contributed by atoms with Crippen molar-refractivity contribution < 1.29 is 18.4 Å². The monoisotopic (exact) mass is 290 g/mol. The number of benzene rings is 1. The molecule has 0 bridgehead atoms. The zero-order valence-electron chi connectivity index (χ0n) is 11.1. The highest BCUT2D eigenvalue weighted by Gasteiger charge is 2.42. The maximum absolute atomic E-state index is 12.7. The van der Waals surface area contributed by atoms with Crippen molar-refractivity contribution in [2.45, 2.75) is 6.18 Å². The molecule has 1 atom stereocenters. The van der Waals surface area contributed by atoms with Crippen LogP contribution in [0.3, 0.4) is 0 Å². The van der Waals surface area contributed by atoms with E-state index in [1.165, 1.54) is 0 Å². The van der Waals surface area contributed by atoms with Crippen LogP contribution in [-0.2, 0) is 0 Å². The number of nitrogens with two attached hydrogens (primary N) is 1. The predicted molar refractivity (Wildman–Crippen MR) is 72.2 cm³/mol. The highest BCUT2D eigenvalue weighted by Crippen LogP contribution is 2.27. The first-order valence-corrected chi connectivity index (χ1v) is 5.81. The molecule has 1 rings (SSSR count). The summed E-state index contributed by atoms with van der Waals surface area (Å²) < 4.78 is 38.2. The van der Waals surface area contributed by atoms with Gasteiger partial charge in [-0.1, -0.05) is 11.2 Å². The summed E-state index contributed by atoms with van der Waals surface area (Å²) in [5.41, 5.74) is 6.45. The van der Waals surface area contributed by atoms with Crippen molar-refractivity contribution in [3.63, 3.8) is 0 Å².